The lowest BCUT2D eigenvalue weighted by Crippen LogP contribution is -2.06. The van der Waals surface area contributed by atoms with Crippen LogP contribution in [0.3, 0.4) is 0 Å². The van der Waals surface area contributed by atoms with Gasteiger partial charge in [0.1, 0.15) is 0 Å². The summed E-state index contributed by atoms with van der Waals surface area (Å²) in [5, 5.41) is 23.4. The van der Waals surface area contributed by atoms with E-state index in [0.29, 0.717) is 6.61 Å². The van der Waals surface area contributed by atoms with E-state index in [1.807, 2.05) is 6.92 Å². The van der Waals surface area contributed by atoms with E-state index >= 15 is 0 Å². The normalized spacial score (nSPS) is 9.27. The van der Waals surface area contributed by atoms with Gasteiger partial charge in [-0.3, -0.25) is 0 Å². The Morgan fingerprint density at radius 3 is 1.73 bits per heavy atom. The molecule has 0 bridgehead atoms. The average Bonchev–Trinajstić information content (AvgIpc) is 2.01. The van der Waals surface area contributed by atoms with Crippen molar-refractivity contribution in [2.75, 3.05) is 26.4 Å². The number of hydrogen-bond acceptors (Lipinski definition) is 4. The molecule has 69 valence electrons. The zero-order valence-corrected chi connectivity index (χ0v) is 6.86. The van der Waals surface area contributed by atoms with Crippen molar-refractivity contribution >= 4 is 0 Å². The van der Waals surface area contributed by atoms with Crippen molar-refractivity contribution in [1.29, 1.82) is 0 Å². The molecule has 1 atom stereocenters. The molecule has 0 aliphatic rings. The van der Waals surface area contributed by atoms with Crippen LogP contribution in [0.25, 0.3) is 0 Å². The molecule has 0 fully saturated rings. The van der Waals surface area contributed by atoms with Crippen molar-refractivity contribution in [3.63, 3.8) is 0 Å². The molecule has 3 N–H and O–H groups in total. The summed E-state index contributed by atoms with van der Waals surface area (Å²) >= 11 is 0. The highest BCUT2D eigenvalue weighted by Crippen LogP contribution is 1.83. The highest BCUT2D eigenvalue weighted by Gasteiger charge is 1.87. The quantitative estimate of drug-likeness (QED) is 0.509. The first kappa shape index (κ1) is 13.4. The summed E-state index contributed by atoms with van der Waals surface area (Å²) in [5.41, 5.74) is 0. The summed E-state index contributed by atoms with van der Waals surface area (Å²) in [7, 11) is 0. The minimum Gasteiger partial charge on any atom is -0.394 e. The largest absolute Gasteiger partial charge is 0.394 e. The summed E-state index contributed by atoms with van der Waals surface area (Å²) in [6, 6.07) is 0. The zero-order chi connectivity index (χ0) is 9.11. The predicted molar refractivity (Wildman–Crippen MR) is 42.0 cm³/mol. The van der Waals surface area contributed by atoms with Crippen molar-refractivity contribution in [1.82, 2.24) is 0 Å². The van der Waals surface area contributed by atoms with E-state index in [0.717, 1.165) is 0 Å². The topological polar surface area (TPSA) is 69.9 Å². The van der Waals surface area contributed by atoms with Gasteiger partial charge in [-0.25, -0.2) is 0 Å². The standard InChI is InChI=1S/C5H11O2.C2H6O2/c1-5(2)7-4-3-6;3-1-2-4/h5-6H,1,3-4H2,2H3;3-4H,1-2H2. The van der Waals surface area contributed by atoms with Crippen LogP contribution in [0, 0.1) is 6.92 Å². The maximum absolute atomic E-state index is 8.16. The first-order valence-corrected chi connectivity index (χ1v) is 3.46. The van der Waals surface area contributed by atoms with Crippen molar-refractivity contribution in [2.24, 2.45) is 0 Å². The lowest BCUT2D eigenvalue weighted by molar-refractivity contribution is 0.0627. The van der Waals surface area contributed by atoms with Crippen LogP contribution in [-0.2, 0) is 4.74 Å². The molecule has 0 aliphatic carbocycles. The third kappa shape index (κ3) is 25.8. The molecule has 0 saturated carbocycles. The van der Waals surface area contributed by atoms with E-state index in [1.54, 1.807) is 0 Å². The molecule has 0 amide bonds. The predicted octanol–water partition coefficient (Wildman–Crippen LogP) is -0.811. The van der Waals surface area contributed by atoms with Crippen molar-refractivity contribution < 1.29 is 20.1 Å². The van der Waals surface area contributed by atoms with E-state index in [4.69, 9.17) is 20.1 Å². The molecule has 0 spiro atoms. The van der Waals surface area contributed by atoms with Gasteiger partial charge in [0, 0.05) is 0 Å². The van der Waals surface area contributed by atoms with E-state index in [2.05, 4.69) is 6.92 Å². The summed E-state index contributed by atoms with van der Waals surface area (Å²) in [6.07, 6.45) is -0.00727. The molecule has 0 aromatic carbocycles. The molecule has 0 aliphatic heterocycles. The minimum atomic E-state index is -0.125. The second-order valence-electron chi connectivity index (χ2n) is 1.85. The highest BCUT2D eigenvalue weighted by molar-refractivity contribution is 4.47. The maximum Gasteiger partial charge on any atom is 0.0701 e. The van der Waals surface area contributed by atoms with Crippen LogP contribution in [-0.4, -0.2) is 47.9 Å². The smallest absolute Gasteiger partial charge is 0.0701 e. The van der Waals surface area contributed by atoms with E-state index in [1.165, 1.54) is 0 Å². The van der Waals surface area contributed by atoms with Gasteiger partial charge >= 0.3 is 0 Å². The molecule has 0 aromatic rings. The Hall–Kier alpha value is -0.160. The van der Waals surface area contributed by atoms with Crippen LogP contribution in [0.2, 0.25) is 0 Å². The lowest BCUT2D eigenvalue weighted by atomic mass is 10.5. The summed E-state index contributed by atoms with van der Waals surface area (Å²) in [5.74, 6) is 0. The number of rotatable bonds is 4. The summed E-state index contributed by atoms with van der Waals surface area (Å²) in [6.45, 7) is 5.60. The Morgan fingerprint density at radius 2 is 1.64 bits per heavy atom. The fourth-order valence-corrected chi connectivity index (χ4v) is 0.254. The molecule has 0 aromatic heterocycles. The molecule has 1 radical (unpaired) electrons. The zero-order valence-electron chi connectivity index (χ0n) is 6.86. The third-order valence-corrected chi connectivity index (χ3v) is 0.594. The molecule has 1 unspecified atom stereocenters. The fourth-order valence-electron chi connectivity index (χ4n) is 0.254. The monoisotopic (exact) mass is 165 g/mol. The lowest BCUT2D eigenvalue weighted by Gasteiger charge is -2.02. The molecule has 0 rings (SSSR count). The molecular formula is C7H17O4. The second-order valence-corrected chi connectivity index (χ2v) is 1.85. The van der Waals surface area contributed by atoms with Crippen molar-refractivity contribution in [3.8, 4) is 0 Å². The molecule has 0 heterocycles. The Balaban J connectivity index is 0. The second kappa shape index (κ2) is 12.5. The SMILES string of the molecule is OCCO.[CH2]C(C)OCCO. The van der Waals surface area contributed by atoms with Gasteiger partial charge in [-0.15, -0.1) is 0 Å². The average molecular weight is 165 g/mol. The van der Waals surface area contributed by atoms with Crippen LogP contribution in [0.15, 0.2) is 0 Å². The van der Waals surface area contributed by atoms with Gasteiger partial charge in [0.15, 0.2) is 0 Å². The van der Waals surface area contributed by atoms with Gasteiger partial charge in [0.25, 0.3) is 0 Å². The molecule has 11 heavy (non-hydrogen) atoms. The van der Waals surface area contributed by atoms with E-state index in [9.17, 15) is 0 Å². The van der Waals surface area contributed by atoms with Crippen LogP contribution >= 0.6 is 0 Å². The highest BCUT2D eigenvalue weighted by atomic mass is 16.5. The van der Waals surface area contributed by atoms with Gasteiger partial charge in [-0.05, 0) is 13.8 Å². The molecular weight excluding hydrogens is 148 g/mol. The maximum atomic E-state index is 8.16. The number of aliphatic hydroxyl groups is 3. The Kier molecular flexibility index (Phi) is 15.3. The Bertz CT molecular complexity index is 54.4. The summed E-state index contributed by atoms with van der Waals surface area (Å²) in [4.78, 5) is 0. The van der Waals surface area contributed by atoms with Gasteiger partial charge in [-0.1, -0.05) is 0 Å². The number of hydrogen-bond donors (Lipinski definition) is 3. The minimum absolute atomic E-state index is 0.00727. The third-order valence-electron chi connectivity index (χ3n) is 0.594. The Labute approximate surface area is 67.4 Å². The Morgan fingerprint density at radius 1 is 1.18 bits per heavy atom. The van der Waals surface area contributed by atoms with Crippen LogP contribution in [0.5, 0.6) is 0 Å². The number of ether oxygens (including phenoxy) is 1. The summed E-state index contributed by atoms with van der Waals surface area (Å²) < 4.78 is 4.83. The van der Waals surface area contributed by atoms with Crippen LogP contribution < -0.4 is 0 Å². The van der Waals surface area contributed by atoms with Gasteiger partial charge in [-0.2, -0.15) is 0 Å². The van der Waals surface area contributed by atoms with E-state index in [-0.39, 0.29) is 25.9 Å². The first-order chi connectivity index (χ1) is 5.18. The van der Waals surface area contributed by atoms with Crippen molar-refractivity contribution in [3.05, 3.63) is 6.92 Å². The first-order valence-electron chi connectivity index (χ1n) is 3.46. The number of aliphatic hydroxyl groups excluding tert-OH is 3. The van der Waals surface area contributed by atoms with Gasteiger partial charge in [0.2, 0.25) is 0 Å². The fraction of sp³-hybridized carbons (Fsp3) is 0.857. The van der Waals surface area contributed by atoms with Crippen molar-refractivity contribution in [2.45, 2.75) is 13.0 Å². The molecule has 4 heteroatoms. The van der Waals surface area contributed by atoms with Gasteiger partial charge in [0.05, 0.1) is 32.5 Å². The molecule has 4 nitrogen and oxygen atoms in total. The van der Waals surface area contributed by atoms with Crippen LogP contribution in [0.1, 0.15) is 6.92 Å². The van der Waals surface area contributed by atoms with E-state index < -0.39 is 0 Å². The van der Waals surface area contributed by atoms with Crippen LogP contribution in [0.4, 0.5) is 0 Å². The van der Waals surface area contributed by atoms with Gasteiger partial charge < -0.3 is 20.1 Å². The molecule has 0 saturated heterocycles.